The van der Waals surface area contributed by atoms with Crippen LogP contribution in [-0.2, 0) is 4.79 Å². The number of nitrogens with zero attached hydrogens (tertiary/aromatic N) is 1. The minimum absolute atomic E-state index is 0.244. The maximum atomic E-state index is 11.8. The smallest absolute Gasteiger partial charge is 0.227 e. The molecule has 3 heteroatoms. The number of rotatable bonds is 2. The van der Waals surface area contributed by atoms with Crippen molar-refractivity contribution in [3.63, 3.8) is 0 Å². The number of carbonyl (C=O) groups is 1. The van der Waals surface area contributed by atoms with E-state index in [2.05, 4.69) is 15.9 Å². The standard InChI is InChI=1S/C12H14BrNO/c1-9-4-2-3-5-11(9)14-8-10(7-13)6-12(14)15/h2-5,10H,6-8H2,1H3. The van der Waals surface area contributed by atoms with E-state index >= 15 is 0 Å². The molecule has 0 aliphatic carbocycles. The fraction of sp³-hybridized carbons (Fsp3) is 0.417. The Kier molecular flexibility index (Phi) is 3.10. The van der Waals surface area contributed by atoms with Gasteiger partial charge in [-0.1, -0.05) is 34.1 Å². The number of para-hydroxylation sites is 1. The Bertz CT molecular complexity index is 378. The highest BCUT2D eigenvalue weighted by atomic mass is 79.9. The van der Waals surface area contributed by atoms with Crippen LogP contribution in [0.2, 0.25) is 0 Å². The third-order valence-corrected chi connectivity index (χ3v) is 3.75. The molecule has 1 unspecified atom stereocenters. The van der Waals surface area contributed by atoms with E-state index in [1.807, 2.05) is 36.1 Å². The Labute approximate surface area is 98.4 Å². The third kappa shape index (κ3) is 2.07. The Balaban J connectivity index is 2.25. The van der Waals surface area contributed by atoms with E-state index in [-0.39, 0.29) is 5.91 Å². The molecule has 0 bridgehead atoms. The van der Waals surface area contributed by atoms with Crippen LogP contribution in [-0.4, -0.2) is 17.8 Å². The van der Waals surface area contributed by atoms with Crippen molar-refractivity contribution in [3.8, 4) is 0 Å². The average Bonchev–Trinajstić information content (AvgIpc) is 2.60. The van der Waals surface area contributed by atoms with E-state index < -0.39 is 0 Å². The van der Waals surface area contributed by atoms with Crippen molar-refractivity contribution in [2.24, 2.45) is 5.92 Å². The maximum absolute atomic E-state index is 11.8. The first-order valence-corrected chi connectivity index (χ1v) is 6.26. The first kappa shape index (κ1) is 10.7. The lowest BCUT2D eigenvalue weighted by atomic mass is 10.1. The number of hydrogen-bond donors (Lipinski definition) is 0. The molecule has 0 spiro atoms. The molecule has 1 aromatic carbocycles. The SMILES string of the molecule is Cc1ccccc1N1CC(CBr)CC1=O. The Morgan fingerprint density at radius 2 is 2.20 bits per heavy atom. The number of hydrogen-bond acceptors (Lipinski definition) is 1. The molecule has 0 aromatic heterocycles. The van der Waals surface area contributed by atoms with Gasteiger partial charge in [0.2, 0.25) is 5.91 Å². The molecule has 1 aliphatic heterocycles. The predicted octanol–water partition coefficient (Wildman–Crippen LogP) is 2.74. The molecule has 0 radical (unpaired) electrons. The molecule has 1 heterocycles. The van der Waals surface area contributed by atoms with Crippen molar-refractivity contribution < 1.29 is 4.79 Å². The van der Waals surface area contributed by atoms with E-state index in [1.165, 1.54) is 5.56 Å². The zero-order valence-corrected chi connectivity index (χ0v) is 10.3. The summed E-state index contributed by atoms with van der Waals surface area (Å²) in [6.45, 7) is 2.89. The van der Waals surface area contributed by atoms with Gasteiger partial charge in [0.05, 0.1) is 0 Å². The van der Waals surface area contributed by atoms with Crippen LogP contribution in [0.3, 0.4) is 0 Å². The molecule has 1 aliphatic rings. The average molecular weight is 268 g/mol. The summed E-state index contributed by atoms with van der Waals surface area (Å²) in [5.74, 6) is 0.700. The van der Waals surface area contributed by atoms with Crippen molar-refractivity contribution >= 4 is 27.5 Å². The molecular weight excluding hydrogens is 254 g/mol. The summed E-state index contributed by atoms with van der Waals surface area (Å²) < 4.78 is 0. The van der Waals surface area contributed by atoms with Crippen molar-refractivity contribution in [3.05, 3.63) is 29.8 Å². The largest absolute Gasteiger partial charge is 0.312 e. The third-order valence-electron chi connectivity index (χ3n) is 2.83. The molecule has 0 N–H and O–H groups in total. The zero-order chi connectivity index (χ0) is 10.8. The summed E-state index contributed by atoms with van der Waals surface area (Å²) >= 11 is 3.44. The van der Waals surface area contributed by atoms with E-state index in [0.29, 0.717) is 12.3 Å². The van der Waals surface area contributed by atoms with Gasteiger partial charge in [-0.15, -0.1) is 0 Å². The number of benzene rings is 1. The predicted molar refractivity (Wildman–Crippen MR) is 65.4 cm³/mol. The lowest BCUT2D eigenvalue weighted by molar-refractivity contribution is -0.117. The second-order valence-electron chi connectivity index (χ2n) is 4.02. The highest BCUT2D eigenvalue weighted by molar-refractivity contribution is 9.09. The van der Waals surface area contributed by atoms with E-state index in [4.69, 9.17) is 0 Å². The van der Waals surface area contributed by atoms with Crippen molar-refractivity contribution in [2.75, 3.05) is 16.8 Å². The highest BCUT2D eigenvalue weighted by Gasteiger charge is 2.30. The van der Waals surface area contributed by atoms with Crippen molar-refractivity contribution in [1.82, 2.24) is 0 Å². The quantitative estimate of drug-likeness (QED) is 0.755. The van der Waals surface area contributed by atoms with E-state index in [9.17, 15) is 4.79 Å². The van der Waals surface area contributed by atoms with Gasteiger partial charge in [-0.05, 0) is 24.5 Å². The van der Waals surface area contributed by atoms with Crippen molar-refractivity contribution in [2.45, 2.75) is 13.3 Å². The van der Waals surface area contributed by atoms with Gasteiger partial charge in [0, 0.05) is 24.0 Å². The Morgan fingerprint density at radius 3 is 2.80 bits per heavy atom. The molecule has 0 saturated carbocycles. The van der Waals surface area contributed by atoms with Gasteiger partial charge in [-0.3, -0.25) is 4.79 Å². The van der Waals surface area contributed by atoms with Crippen LogP contribution in [0, 0.1) is 12.8 Å². The van der Waals surface area contributed by atoms with Crippen LogP contribution >= 0.6 is 15.9 Å². The normalized spacial score (nSPS) is 21.1. The van der Waals surface area contributed by atoms with Gasteiger partial charge < -0.3 is 4.90 Å². The zero-order valence-electron chi connectivity index (χ0n) is 8.74. The summed E-state index contributed by atoms with van der Waals surface area (Å²) in [6.07, 6.45) is 0.666. The van der Waals surface area contributed by atoms with Crippen LogP contribution < -0.4 is 4.90 Å². The summed E-state index contributed by atoms with van der Waals surface area (Å²) in [4.78, 5) is 13.7. The number of halogens is 1. The first-order valence-electron chi connectivity index (χ1n) is 5.14. The molecule has 1 atom stereocenters. The summed E-state index contributed by atoms with van der Waals surface area (Å²) in [6, 6.07) is 8.05. The molecule has 1 amide bonds. The van der Waals surface area contributed by atoms with Gasteiger partial charge in [0.15, 0.2) is 0 Å². The lowest BCUT2D eigenvalue weighted by Crippen LogP contribution is -2.25. The fourth-order valence-corrected chi connectivity index (χ4v) is 2.42. The van der Waals surface area contributed by atoms with E-state index in [1.54, 1.807) is 0 Å². The van der Waals surface area contributed by atoms with Crippen LogP contribution in [0.1, 0.15) is 12.0 Å². The maximum Gasteiger partial charge on any atom is 0.227 e. The number of carbonyl (C=O) groups excluding carboxylic acids is 1. The van der Waals surface area contributed by atoms with Gasteiger partial charge in [-0.2, -0.15) is 0 Å². The van der Waals surface area contributed by atoms with Gasteiger partial charge >= 0.3 is 0 Å². The molecular formula is C12H14BrNO. The van der Waals surface area contributed by atoms with Gasteiger partial charge in [0.1, 0.15) is 0 Å². The number of aryl methyl sites for hydroxylation is 1. The first-order chi connectivity index (χ1) is 7.22. The number of amides is 1. The second kappa shape index (κ2) is 4.35. The lowest BCUT2D eigenvalue weighted by Gasteiger charge is -2.18. The molecule has 2 nitrogen and oxygen atoms in total. The van der Waals surface area contributed by atoms with Gasteiger partial charge in [-0.25, -0.2) is 0 Å². The highest BCUT2D eigenvalue weighted by Crippen LogP contribution is 2.28. The summed E-state index contributed by atoms with van der Waals surface area (Å²) in [7, 11) is 0. The molecule has 2 rings (SSSR count). The van der Waals surface area contributed by atoms with Crippen LogP contribution in [0.25, 0.3) is 0 Å². The summed E-state index contributed by atoms with van der Waals surface area (Å²) in [5, 5.41) is 0.904. The Hall–Kier alpha value is -0.830. The van der Waals surface area contributed by atoms with Crippen molar-refractivity contribution in [1.29, 1.82) is 0 Å². The van der Waals surface area contributed by atoms with Gasteiger partial charge in [0.25, 0.3) is 0 Å². The summed E-state index contributed by atoms with van der Waals surface area (Å²) in [5.41, 5.74) is 2.23. The number of anilines is 1. The fourth-order valence-electron chi connectivity index (χ4n) is 1.98. The molecule has 1 saturated heterocycles. The van der Waals surface area contributed by atoms with Crippen LogP contribution in [0.5, 0.6) is 0 Å². The van der Waals surface area contributed by atoms with Crippen LogP contribution in [0.15, 0.2) is 24.3 Å². The van der Waals surface area contributed by atoms with E-state index in [0.717, 1.165) is 17.6 Å². The molecule has 15 heavy (non-hydrogen) atoms. The Morgan fingerprint density at radius 1 is 1.47 bits per heavy atom. The minimum Gasteiger partial charge on any atom is -0.312 e. The molecule has 80 valence electrons. The topological polar surface area (TPSA) is 20.3 Å². The molecule has 1 aromatic rings. The minimum atomic E-state index is 0.244. The monoisotopic (exact) mass is 267 g/mol. The number of alkyl halides is 1. The molecule has 1 fully saturated rings. The van der Waals surface area contributed by atoms with Crippen LogP contribution in [0.4, 0.5) is 5.69 Å². The second-order valence-corrected chi connectivity index (χ2v) is 4.66.